The van der Waals surface area contributed by atoms with Crippen molar-refractivity contribution in [2.75, 3.05) is 0 Å². The third-order valence-corrected chi connectivity index (χ3v) is 3.11. The molecule has 5 nitrogen and oxygen atoms in total. The molecule has 0 saturated heterocycles. The van der Waals surface area contributed by atoms with E-state index in [9.17, 15) is 4.79 Å². The fraction of sp³-hybridized carbons (Fsp3) is 0.438. The highest BCUT2D eigenvalue weighted by molar-refractivity contribution is 5.91. The third-order valence-electron chi connectivity index (χ3n) is 3.11. The van der Waals surface area contributed by atoms with Crippen molar-refractivity contribution >= 4 is 5.97 Å². The lowest BCUT2D eigenvalue weighted by atomic mass is 9.96. The van der Waals surface area contributed by atoms with Crippen LogP contribution in [0.1, 0.15) is 61.4 Å². The zero-order chi connectivity index (χ0) is 15.6. The van der Waals surface area contributed by atoms with Gasteiger partial charge in [-0.2, -0.15) is 4.98 Å². The van der Waals surface area contributed by atoms with E-state index < -0.39 is 12.1 Å². The number of aryl methyl sites for hydroxylation is 1. The average molecular weight is 288 g/mol. The van der Waals surface area contributed by atoms with Crippen LogP contribution in [-0.4, -0.2) is 16.1 Å². The lowest BCUT2D eigenvalue weighted by Gasteiger charge is -2.12. The van der Waals surface area contributed by atoms with Gasteiger partial charge in [-0.25, -0.2) is 4.79 Å². The summed E-state index contributed by atoms with van der Waals surface area (Å²) in [7, 11) is 0. The first kappa shape index (κ1) is 15.2. The van der Waals surface area contributed by atoms with Crippen LogP contribution in [0, 0.1) is 6.92 Å². The number of carbonyl (C=O) groups is 1. The minimum Gasteiger partial charge on any atom is -0.449 e. The van der Waals surface area contributed by atoms with Crippen LogP contribution in [0.15, 0.2) is 28.8 Å². The normalized spacial score (nSPS) is 13.0. The van der Waals surface area contributed by atoms with E-state index in [1.807, 2.05) is 39.8 Å². The molecule has 0 bridgehead atoms. The lowest BCUT2D eigenvalue weighted by molar-refractivity contribution is 0.0264. The highest BCUT2D eigenvalue weighted by atomic mass is 16.6. The second-order valence-corrected chi connectivity index (χ2v) is 6.07. The standard InChI is InChI=1S/C16H20N2O3/c1-10-8-6-7-9-12(10)14(19)20-11(2)13-17-15(18-21-13)16(3,4)5/h6-9,11H,1-5H3. The molecule has 1 unspecified atom stereocenters. The van der Waals surface area contributed by atoms with Gasteiger partial charge in [-0.1, -0.05) is 44.1 Å². The number of carbonyl (C=O) groups excluding carboxylic acids is 1. The van der Waals surface area contributed by atoms with E-state index in [-0.39, 0.29) is 5.41 Å². The molecule has 0 aliphatic heterocycles. The molecule has 0 fully saturated rings. The van der Waals surface area contributed by atoms with Crippen LogP contribution < -0.4 is 0 Å². The average Bonchev–Trinajstić information content (AvgIpc) is 2.88. The SMILES string of the molecule is Cc1ccccc1C(=O)OC(C)c1nc(C(C)(C)C)no1. The zero-order valence-electron chi connectivity index (χ0n) is 13.0. The van der Waals surface area contributed by atoms with Gasteiger partial charge >= 0.3 is 5.97 Å². The maximum Gasteiger partial charge on any atom is 0.339 e. The highest BCUT2D eigenvalue weighted by Gasteiger charge is 2.25. The quantitative estimate of drug-likeness (QED) is 0.807. The molecule has 0 aliphatic carbocycles. The van der Waals surface area contributed by atoms with Gasteiger partial charge in [0.1, 0.15) is 0 Å². The molecule has 5 heteroatoms. The molecule has 0 saturated carbocycles. The summed E-state index contributed by atoms with van der Waals surface area (Å²) in [5, 5.41) is 3.93. The Morgan fingerprint density at radius 2 is 1.95 bits per heavy atom. The molecule has 0 amide bonds. The van der Waals surface area contributed by atoms with Gasteiger partial charge in [-0.15, -0.1) is 0 Å². The number of ether oxygens (including phenoxy) is 1. The predicted molar refractivity (Wildman–Crippen MR) is 78.0 cm³/mol. The van der Waals surface area contributed by atoms with Crippen molar-refractivity contribution in [1.82, 2.24) is 10.1 Å². The van der Waals surface area contributed by atoms with Gasteiger partial charge in [0.25, 0.3) is 5.89 Å². The number of hydrogen-bond donors (Lipinski definition) is 0. The summed E-state index contributed by atoms with van der Waals surface area (Å²) in [6.45, 7) is 9.56. The Labute approximate surface area is 124 Å². The van der Waals surface area contributed by atoms with Crippen LogP contribution in [0.25, 0.3) is 0 Å². The highest BCUT2D eigenvalue weighted by Crippen LogP contribution is 2.23. The van der Waals surface area contributed by atoms with Crippen LogP contribution in [0.4, 0.5) is 0 Å². The van der Waals surface area contributed by atoms with E-state index in [0.29, 0.717) is 17.3 Å². The second-order valence-electron chi connectivity index (χ2n) is 6.07. The first-order valence-electron chi connectivity index (χ1n) is 6.89. The van der Waals surface area contributed by atoms with Crippen molar-refractivity contribution in [2.24, 2.45) is 0 Å². The Kier molecular flexibility index (Phi) is 4.11. The van der Waals surface area contributed by atoms with Gasteiger partial charge < -0.3 is 9.26 Å². The zero-order valence-corrected chi connectivity index (χ0v) is 13.0. The number of nitrogens with zero attached hydrogens (tertiary/aromatic N) is 2. The number of aromatic nitrogens is 2. The summed E-state index contributed by atoms with van der Waals surface area (Å²) < 4.78 is 10.6. The van der Waals surface area contributed by atoms with Crippen LogP contribution in [-0.2, 0) is 10.2 Å². The van der Waals surface area contributed by atoms with Crippen molar-refractivity contribution < 1.29 is 14.1 Å². The summed E-state index contributed by atoms with van der Waals surface area (Å²) >= 11 is 0. The van der Waals surface area contributed by atoms with Crippen molar-refractivity contribution in [3.8, 4) is 0 Å². The first-order chi connectivity index (χ1) is 9.79. The number of esters is 1. The van der Waals surface area contributed by atoms with E-state index >= 15 is 0 Å². The van der Waals surface area contributed by atoms with Crippen molar-refractivity contribution in [2.45, 2.75) is 46.1 Å². The topological polar surface area (TPSA) is 65.2 Å². The number of rotatable bonds is 3. The van der Waals surface area contributed by atoms with Gasteiger partial charge in [0, 0.05) is 5.41 Å². The molecule has 1 heterocycles. The fourth-order valence-electron chi connectivity index (χ4n) is 1.78. The van der Waals surface area contributed by atoms with E-state index in [1.165, 1.54) is 0 Å². The Morgan fingerprint density at radius 3 is 2.52 bits per heavy atom. The van der Waals surface area contributed by atoms with E-state index in [2.05, 4.69) is 10.1 Å². The van der Waals surface area contributed by atoms with Gasteiger partial charge in [0.15, 0.2) is 11.9 Å². The molecule has 21 heavy (non-hydrogen) atoms. The molecular formula is C16H20N2O3. The molecule has 0 aliphatic rings. The molecule has 1 aromatic carbocycles. The van der Waals surface area contributed by atoms with Crippen LogP contribution in [0.5, 0.6) is 0 Å². The monoisotopic (exact) mass is 288 g/mol. The largest absolute Gasteiger partial charge is 0.449 e. The molecule has 2 aromatic rings. The molecule has 1 aromatic heterocycles. The Balaban J connectivity index is 2.11. The van der Waals surface area contributed by atoms with E-state index in [1.54, 1.807) is 19.1 Å². The Morgan fingerprint density at radius 1 is 1.29 bits per heavy atom. The second kappa shape index (κ2) is 5.68. The van der Waals surface area contributed by atoms with Crippen molar-refractivity contribution in [3.63, 3.8) is 0 Å². The Hall–Kier alpha value is -2.17. The summed E-state index contributed by atoms with van der Waals surface area (Å²) in [6, 6.07) is 7.28. The summed E-state index contributed by atoms with van der Waals surface area (Å²) in [5.41, 5.74) is 1.21. The van der Waals surface area contributed by atoms with E-state index in [0.717, 1.165) is 5.56 Å². The lowest BCUT2D eigenvalue weighted by Crippen LogP contribution is -2.14. The van der Waals surface area contributed by atoms with Crippen LogP contribution >= 0.6 is 0 Å². The predicted octanol–water partition coefficient (Wildman–Crippen LogP) is 3.59. The summed E-state index contributed by atoms with van der Waals surface area (Å²) in [6.07, 6.45) is -0.583. The van der Waals surface area contributed by atoms with Crippen LogP contribution in [0.2, 0.25) is 0 Å². The number of benzene rings is 1. The van der Waals surface area contributed by atoms with Gasteiger partial charge in [-0.3, -0.25) is 0 Å². The summed E-state index contributed by atoms with van der Waals surface area (Å²) in [4.78, 5) is 16.4. The van der Waals surface area contributed by atoms with Crippen LogP contribution in [0.3, 0.4) is 0 Å². The molecule has 0 radical (unpaired) electrons. The van der Waals surface area contributed by atoms with Gasteiger partial charge in [-0.05, 0) is 25.5 Å². The van der Waals surface area contributed by atoms with Crippen molar-refractivity contribution in [1.29, 1.82) is 0 Å². The maximum atomic E-state index is 12.1. The molecule has 1 atom stereocenters. The molecule has 0 spiro atoms. The molecule has 112 valence electrons. The first-order valence-corrected chi connectivity index (χ1v) is 6.89. The fourth-order valence-corrected chi connectivity index (χ4v) is 1.78. The smallest absolute Gasteiger partial charge is 0.339 e. The molecular weight excluding hydrogens is 268 g/mol. The third kappa shape index (κ3) is 3.48. The van der Waals surface area contributed by atoms with Gasteiger partial charge in [0.2, 0.25) is 0 Å². The minimum atomic E-state index is -0.583. The van der Waals surface area contributed by atoms with Gasteiger partial charge in [0.05, 0.1) is 5.56 Å². The molecule has 0 N–H and O–H groups in total. The maximum absolute atomic E-state index is 12.1. The molecule has 2 rings (SSSR count). The van der Waals surface area contributed by atoms with E-state index in [4.69, 9.17) is 9.26 Å². The summed E-state index contributed by atoms with van der Waals surface area (Å²) in [5.74, 6) is 0.509. The van der Waals surface area contributed by atoms with Crippen molar-refractivity contribution in [3.05, 3.63) is 47.1 Å². The number of hydrogen-bond acceptors (Lipinski definition) is 5. The Bertz CT molecular complexity index is 641. The minimum absolute atomic E-state index is 0.207.